The van der Waals surface area contributed by atoms with Crippen molar-refractivity contribution in [2.75, 3.05) is 20.3 Å². The van der Waals surface area contributed by atoms with Crippen molar-refractivity contribution in [2.45, 2.75) is 52.7 Å². The second-order valence-corrected chi connectivity index (χ2v) is 9.21. The third-order valence-corrected chi connectivity index (χ3v) is 5.00. The van der Waals surface area contributed by atoms with E-state index in [1.807, 2.05) is 13.8 Å². The Morgan fingerprint density at radius 3 is 2.40 bits per heavy atom. The van der Waals surface area contributed by atoms with Gasteiger partial charge in [0.25, 0.3) is 0 Å². The molecule has 2 unspecified atom stereocenters. The summed E-state index contributed by atoms with van der Waals surface area (Å²) < 4.78 is 35.2. The van der Waals surface area contributed by atoms with Gasteiger partial charge in [0, 0.05) is 6.42 Å². The van der Waals surface area contributed by atoms with Crippen LogP contribution >= 0.6 is 44.4 Å². The van der Waals surface area contributed by atoms with Gasteiger partial charge >= 0.3 is 12.1 Å². The van der Waals surface area contributed by atoms with E-state index in [9.17, 15) is 14.0 Å². The normalized spacial score (nSPS) is 12.0. The predicted octanol–water partition coefficient (Wildman–Crippen LogP) is 5.56. The summed E-state index contributed by atoms with van der Waals surface area (Å²) in [5.74, 6) is -1.21. The molecule has 30 heavy (non-hydrogen) atoms. The minimum Gasteiger partial charge on any atom is -0.487 e. The molecule has 1 aromatic carbocycles. The third kappa shape index (κ3) is 11.6. The first kappa shape index (κ1) is 29.3. The molecule has 1 amide bonds. The fraction of sp³-hybridized carbons (Fsp3) is 0.579. The number of hydrogen-bond acceptors (Lipinski definition) is 6. The zero-order chi connectivity index (χ0) is 23.3. The first-order valence-corrected chi connectivity index (χ1v) is 14.0. The van der Waals surface area contributed by atoms with Crippen LogP contribution in [0.4, 0.5) is 9.18 Å². The van der Waals surface area contributed by atoms with E-state index in [1.54, 1.807) is 26.8 Å². The number of ether oxygens (including phenoxy) is 3. The van der Waals surface area contributed by atoms with E-state index in [-0.39, 0.29) is 18.8 Å². The highest BCUT2D eigenvalue weighted by Gasteiger charge is 2.26. The average molecular weight is 624 g/mol. The summed E-state index contributed by atoms with van der Waals surface area (Å²) in [6.45, 7) is 9.97. The van der Waals surface area contributed by atoms with Crippen LogP contribution in [0.2, 0.25) is 0 Å². The van der Waals surface area contributed by atoms with Crippen LogP contribution in [-0.4, -0.2) is 44.0 Å². The topological polar surface area (TPSA) is 83.1 Å². The Morgan fingerprint density at radius 2 is 1.90 bits per heavy atom. The largest absolute Gasteiger partial charge is 0.487 e. The molecule has 172 valence electrons. The molecule has 1 N–H and O–H groups in total. The van der Waals surface area contributed by atoms with Gasteiger partial charge in [0.15, 0.2) is 11.6 Å². The van der Waals surface area contributed by atoms with Gasteiger partial charge in [-0.25, -0.2) is 14.0 Å². The Balaban J connectivity index is 0.00000407. The van der Waals surface area contributed by atoms with Crippen LogP contribution in [0.15, 0.2) is 16.6 Å². The predicted molar refractivity (Wildman–Crippen MR) is 128 cm³/mol. The Morgan fingerprint density at radius 1 is 1.27 bits per heavy atom. The Kier molecular flexibility index (Phi) is 14.8. The molecule has 0 aliphatic heterocycles. The maximum Gasteiger partial charge on any atom is 0.408 e. The van der Waals surface area contributed by atoms with Crippen molar-refractivity contribution < 1.29 is 32.7 Å². The lowest BCUT2D eigenvalue weighted by Crippen LogP contribution is -2.45. The van der Waals surface area contributed by atoms with E-state index in [2.05, 4.69) is 43.3 Å². The number of benzene rings is 1. The number of carbonyl (C=O) groups is 2. The van der Waals surface area contributed by atoms with E-state index in [1.165, 1.54) is 13.2 Å². The van der Waals surface area contributed by atoms with Gasteiger partial charge in [-0.15, -0.1) is 0 Å². The third-order valence-electron chi connectivity index (χ3n) is 3.16. The van der Waals surface area contributed by atoms with Crippen molar-refractivity contribution in [2.24, 2.45) is 0 Å². The molecule has 0 bridgehead atoms. The number of halogens is 3. The molecule has 0 fully saturated rings. The van der Waals surface area contributed by atoms with Crippen molar-refractivity contribution in [1.29, 1.82) is 0 Å². The van der Waals surface area contributed by atoms with Gasteiger partial charge in [-0.2, -0.15) is 0 Å². The first-order chi connectivity index (χ1) is 14.1. The molecule has 0 saturated carbocycles. The van der Waals surface area contributed by atoms with Gasteiger partial charge in [0.1, 0.15) is 18.2 Å². The van der Waals surface area contributed by atoms with Gasteiger partial charge in [-0.1, -0.05) is 13.8 Å². The molecule has 11 heteroatoms. The molecule has 2 atom stereocenters. The second kappa shape index (κ2) is 15.2. The summed E-state index contributed by atoms with van der Waals surface area (Å²) in [6.07, 6.45) is -0.751. The molecule has 0 saturated heterocycles. The summed E-state index contributed by atoms with van der Waals surface area (Å²) in [7, 11) is 1.21. The van der Waals surface area contributed by atoms with E-state index >= 15 is 0 Å². The van der Waals surface area contributed by atoms with E-state index in [0.717, 1.165) is 0 Å². The number of carbonyl (C=O) groups excluding carboxylic acids is 2. The fourth-order valence-corrected chi connectivity index (χ4v) is 3.53. The van der Waals surface area contributed by atoms with E-state index < -0.39 is 29.5 Å². The van der Waals surface area contributed by atoms with Crippen molar-refractivity contribution in [3.8, 4) is 5.75 Å². The molecule has 7 nitrogen and oxygen atoms in total. The number of alkyl carbamates (subject to hydrolysis) is 1. The van der Waals surface area contributed by atoms with Gasteiger partial charge in [0.2, 0.25) is 0 Å². The monoisotopic (exact) mass is 623 g/mol. The summed E-state index contributed by atoms with van der Waals surface area (Å²) in [5.41, 5.74) is -0.256. The fourth-order valence-electron chi connectivity index (χ4n) is 2.11. The summed E-state index contributed by atoms with van der Waals surface area (Å²) >= 11 is 5.35. The number of methoxy groups -OCH3 is 1. The minimum absolute atomic E-state index is 0.0147. The van der Waals surface area contributed by atoms with Crippen molar-refractivity contribution in [3.63, 3.8) is 0 Å². The summed E-state index contributed by atoms with van der Waals surface area (Å²) in [5, 5.41) is 2.45. The molecule has 0 radical (unpaired) electrons. The summed E-state index contributed by atoms with van der Waals surface area (Å²) in [4.78, 5) is 24.0. The lowest BCUT2D eigenvalue weighted by Gasteiger charge is -2.22. The minimum atomic E-state index is -1.03. The first-order valence-electron chi connectivity index (χ1n) is 9.23. The number of hydrogen-bond donors (Lipinski definition) is 1. The molecule has 0 heterocycles. The van der Waals surface area contributed by atoms with Crippen molar-refractivity contribution in [1.82, 2.24) is 5.32 Å². The Hall–Kier alpha value is -0.710. The molecule has 0 aliphatic rings. The average Bonchev–Trinajstić information content (AvgIpc) is 2.65. The van der Waals surface area contributed by atoms with Crippen LogP contribution < -0.4 is 10.1 Å². The molecule has 1 rings (SSSR count). The highest BCUT2D eigenvalue weighted by Crippen LogP contribution is 2.30. The van der Waals surface area contributed by atoms with Crippen LogP contribution in [0.25, 0.3) is 0 Å². The van der Waals surface area contributed by atoms with Crippen LogP contribution in [0, 0.1) is 5.82 Å². The van der Waals surface area contributed by atoms with Crippen LogP contribution in [0.5, 0.6) is 5.75 Å². The molecule has 0 spiro atoms. The SMILES string of the molecule is CC.COC(=O)C(Cc1cc(F)c(OCCOPI)c(Br)c1)NC(=O)OC(C)(C)C. The molecule has 1 aromatic rings. The zero-order valence-corrected chi connectivity index (χ0v) is 22.7. The molecular formula is C19H29BrFINO6P. The highest BCUT2D eigenvalue weighted by atomic mass is 127. The highest BCUT2D eigenvalue weighted by molar-refractivity contribution is 14.2. The van der Waals surface area contributed by atoms with Gasteiger partial charge in [-0.05, 0) is 76.4 Å². The molecular weight excluding hydrogens is 595 g/mol. The van der Waals surface area contributed by atoms with Crippen molar-refractivity contribution in [3.05, 3.63) is 28.0 Å². The van der Waals surface area contributed by atoms with Gasteiger partial charge < -0.3 is 24.1 Å². The summed E-state index contributed by atoms with van der Waals surface area (Å²) in [6, 6.07) is 1.83. The van der Waals surface area contributed by atoms with Gasteiger partial charge in [-0.3, -0.25) is 0 Å². The second-order valence-electron chi connectivity index (χ2n) is 6.59. The molecule has 0 aliphatic carbocycles. The lowest BCUT2D eigenvalue weighted by atomic mass is 10.1. The Labute approximate surface area is 200 Å². The number of nitrogens with one attached hydrogen (secondary N) is 1. The van der Waals surface area contributed by atoms with Crippen molar-refractivity contribution >= 4 is 56.5 Å². The quantitative estimate of drug-likeness (QED) is 0.168. The van der Waals surface area contributed by atoms with E-state index in [0.29, 0.717) is 23.1 Å². The Bertz CT molecular complexity index is 666. The maximum atomic E-state index is 14.4. The van der Waals surface area contributed by atoms with Crippen LogP contribution in [-0.2, 0) is 25.2 Å². The maximum absolute atomic E-state index is 14.4. The standard InChI is InChI=1S/C17H23BrFINO6P.C2H6/c1-17(2,3)27-16(23)21-13(15(22)24-4)9-10-7-11(18)14(12(19)8-10)25-5-6-26-28-20;1-2/h7-8,13,28H,5-6,9H2,1-4H3,(H,21,23);1-2H3. The zero-order valence-electron chi connectivity index (χ0n) is 17.9. The number of rotatable bonds is 9. The number of amides is 1. The van der Waals surface area contributed by atoms with Crippen LogP contribution in [0.1, 0.15) is 40.2 Å². The smallest absolute Gasteiger partial charge is 0.408 e. The van der Waals surface area contributed by atoms with Crippen LogP contribution in [0.3, 0.4) is 0 Å². The molecule has 0 aromatic heterocycles. The number of esters is 1. The van der Waals surface area contributed by atoms with Gasteiger partial charge in [0.05, 0.1) is 24.6 Å². The van der Waals surface area contributed by atoms with E-state index in [4.69, 9.17) is 18.7 Å². The lowest BCUT2D eigenvalue weighted by molar-refractivity contribution is -0.143.